The second-order valence-corrected chi connectivity index (χ2v) is 4.27. The molecule has 0 saturated heterocycles. The van der Waals surface area contributed by atoms with E-state index in [4.69, 9.17) is 0 Å². The fourth-order valence-corrected chi connectivity index (χ4v) is 1.97. The van der Waals surface area contributed by atoms with E-state index in [2.05, 4.69) is 0 Å². The second kappa shape index (κ2) is 5.85. The zero-order valence-electron chi connectivity index (χ0n) is 10.2. The first-order valence-corrected chi connectivity index (χ1v) is 5.05. The van der Waals surface area contributed by atoms with Crippen LogP contribution in [0.4, 0.5) is 52.7 Å². The van der Waals surface area contributed by atoms with Gasteiger partial charge in [-0.3, -0.25) is 0 Å². The highest BCUT2D eigenvalue weighted by Crippen LogP contribution is 2.58. The predicted octanol–water partition coefficient (Wildman–Crippen LogP) is 3.85. The molecule has 0 aromatic heterocycles. The highest BCUT2D eigenvalue weighted by molar-refractivity contribution is 5.85. The van der Waals surface area contributed by atoms with Gasteiger partial charge in [0, 0.05) is 0 Å². The number of carbonyl (C=O) groups is 2. The number of alkyl halides is 12. The zero-order valence-corrected chi connectivity index (χ0v) is 10.2. The van der Waals surface area contributed by atoms with Crippen LogP contribution < -0.4 is 0 Å². The average molecular weight is 372 g/mol. The Kier molecular flexibility index (Phi) is 5.47. The molecule has 2 nitrogen and oxygen atoms in total. The highest BCUT2D eigenvalue weighted by Gasteiger charge is 2.77. The standard InChI is InChI=1S/C9H4F12O2/c10-6(11,12)3(7(13,14)15)5(1-22,2-23)4(8(16,17)18)9(19,20)21/h1-4H. The number of hydrogen-bond acceptors (Lipinski definition) is 2. The minimum absolute atomic E-state index is 1.92. The molecule has 0 radical (unpaired) electrons. The molecule has 0 amide bonds. The van der Waals surface area contributed by atoms with Gasteiger partial charge in [0.1, 0.15) is 18.0 Å². The summed E-state index contributed by atoms with van der Waals surface area (Å²) in [5, 5.41) is 0. The molecule has 0 aliphatic carbocycles. The van der Waals surface area contributed by atoms with E-state index in [1.807, 2.05) is 0 Å². The fraction of sp³-hybridized carbons (Fsp3) is 0.778. The van der Waals surface area contributed by atoms with Gasteiger partial charge < -0.3 is 9.59 Å². The Morgan fingerprint density at radius 2 is 0.652 bits per heavy atom. The Labute approximate surface area is 118 Å². The SMILES string of the molecule is O=CC(C=O)(C(C(F)(F)F)C(F)(F)F)C(C(F)(F)F)C(F)(F)F. The lowest BCUT2D eigenvalue weighted by Crippen LogP contribution is -2.61. The average Bonchev–Trinajstić information content (AvgIpc) is 2.19. The maximum atomic E-state index is 12.4. The summed E-state index contributed by atoms with van der Waals surface area (Å²) < 4.78 is 149. The Bertz CT molecular complexity index is 369. The molecule has 14 heteroatoms. The molecule has 0 saturated carbocycles. The molecule has 0 atom stereocenters. The molecular formula is C9H4F12O2. The summed E-state index contributed by atoms with van der Waals surface area (Å²) in [6, 6.07) is 0. The summed E-state index contributed by atoms with van der Waals surface area (Å²) >= 11 is 0. The van der Waals surface area contributed by atoms with Crippen LogP contribution in [0.2, 0.25) is 0 Å². The summed E-state index contributed by atoms with van der Waals surface area (Å²) in [6.07, 6.45) is -31.0. The second-order valence-electron chi connectivity index (χ2n) is 4.27. The van der Waals surface area contributed by atoms with Crippen molar-refractivity contribution < 1.29 is 62.3 Å². The van der Waals surface area contributed by atoms with Crippen molar-refractivity contribution in [2.45, 2.75) is 24.7 Å². The number of aldehydes is 2. The summed E-state index contributed by atoms with van der Waals surface area (Å²) in [6.45, 7) is 0. The van der Waals surface area contributed by atoms with Crippen molar-refractivity contribution >= 4 is 12.6 Å². The lowest BCUT2D eigenvalue weighted by molar-refractivity contribution is -0.355. The lowest BCUT2D eigenvalue weighted by Gasteiger charge is -2.40. The molecule has 0 fully saturated rings. The minimum Gasteiger partial charge on any atom is -0.302 e. The van der Waals surface area contributed by atoms with Gasteiger partial charge in [-0.2, -0.15) is 52.7 Å². The van der Waals surface area contributed by atoms with E-state index in [1.54, 1.807) is 0 Å². The molecule has 0 rings (SSSR count). The third-order valence-corrected chi connectivity index (χ3v) is 2.72. The molecule has 0 bridgehead atoms. The Morgan fingerprint density at radius 3 is 0.739 bits per heavy atom. The van der Waals surface area contributed by atoms with Crippen LogP contribution >= 0.6 is 0 Å². The molecule has 0 aromatic rings. The summed E-state index contributed by atoms with van der Waals surface area (Å²) in [5.74, 6) is -11.0. The summed E-state index contributed by atoms with van der Waals surface area (Å²) in [4.78, 5) is 21.0. The molecule has 136 valence electrons. The molecule has 0 heterocycles. The van der Waals surface area contributed by atoms with E-state index < -0.39 is 54.5 Å². The quantitative estimate of drug-likeness (QED) is 0.427. The van der Waals surface area contributed by atoms with Gasteiger partial charge in [-0.25, -0.2) is 0 Å². The van der Waals surface area contributed by atoms with Crippen LogP contribution in [0.25, 0.3) is 0 Å². The zero-order chi connectivity index (χ0) is 19.1. The van der Waals surface area contributed by atoms with E-state index >= 15 is 0 Å². The van der Waals surface area contributed by atoms with Crippen LogP contribution in [-0.2, 0) is 9.59 Å². The summed E-state index contributed by atoms with van der Waals surface area (Å²) in [5.41, 5.74) is -5.51. The van der Waals surface area contributed by atoms with Gasteiger partial charge in [-0.15, -0.1) is 0 Å². The topological polar surface area (TPSA) is 34.1 Å². The monoisotopic (exact) mass is 372 g/mol. The van der Waals surface area contributed by atoms with Crippen molar-refractivity contribution in [2.75, 3.05) is 0 Å². The first kappa shape index (κ1) is 21.5. The molecule has 0 unspecified atom stereocenters. The van der Waals surface area contributed by atoms with Crippen LogP contribution in [0.15, 0.2) is 0 Å². The first-order valence-electron chi connectivity index (χ1n) is 5.05. The Balaban J connectivity index is 6.81. The van der Waals surface area contributed by atoms with E-state index in [0.29, 0.717) is 0 Å². The van der Waals surface area contributed by atoms with E-state index in [-0.39, 0.29) is 0 Å². The normalized spacial score (nSPS) is 15.2. The first-order chi connectivity index (χ1) is 9.85. The minimum atomic E-state index is -6.78. The third kappa shape index (κ3) is 4.28. The fourth-order valence-electron chi connectivity index (χ4n) is 1.97. The van der Waals surface area contributed by atoms with Crippen molar-refractivity contribution in [2.24, 2.45) is 17.3 Å². The van der Waals surface area contributed by atoms with Gasteiger partial charge >= 0.3 is 24.7 Å². The van der Waals surface area contributed by atoms with Gasteiger partial charge in [-0.05, 0) is 0 Å². The van der Waals surface area contributed by atoms with Crippen LogP contribution in [0.1, 0.15) is 0 Å². The molecule has 0 N–H and O–H groups in total. The lowest BCUT2D eigenvalue weighted by atomic mass is 9.66. The molecule has 0 aliphatic rings. The summed E-state index contributed by atoms with van der Waals surface area (Å²) in [7, 11) is 0. The van der Waals surface area contributed by atoms with Crippen molar-refractivity contribution in [1.82, 2.24) is 0 Å². The maximum absolute atomic E-state index is 12.4. The Morgan fingerprint density at radius 1 is 0.478 bits per heavy atom. The van der Waals surface area contributed by atoms with Crippen LogP contribution in [-0.4, -0.2) is 37.3 Å². The van der Waals surface area contributed by atoms with Crippen molar-refractivity contribution in [3.8, 4) is 0 Å². The van der Waals surface area contributed by atoms with Gasteiger partial charge in [0.2, 0.25) is 0 Å². The van der Waals surface area contributed by atoms with E-state index in [0.717, 1.165) is 0 Å². The molecular weight excluding hydrogens is 368 g/mol. The highest BCUT2D eigenvalue weighted by atomic mass is 19.4. The molecule has 0 aliphatic heterocycles. The third-order valence-electron chi connectivity index (χ3n) is 2.72. The van der Waals surface area contributed by atoms with Crippen molar-refractivity contribution in [3.63, 3.8) is 0 Å². The van der Waals surface area contributed by atoms with Gasteiger partial charge in [-0.1, -0.05) is 0 Å². The van der Waals surface area contributed by atoms with Crippen LogP contribution in [0.3, 0.4) is 0 Å². The van der Waals surface area contributed by atoms with Gasteiger partial charge in [0.15, 0.2) is 11.8 Å². The molecule has 0 aromatic carbocycles. The van der Waals surface area contributed by atoms with Crippen molar-refractivity contribution in [3.05, 3.63) is 0 Å². The van der Waals surface area contributed by atoms with E-state index in [1.165, 1.54) is 0 Å². The smallest absolute Gasteiger partial charge is 0.302 e. The predicted molar refractivity (Wildman–Crippen MR) is 45.8 cm³/mol. The Hall–Kier alpha value is -1.50. The van der Waals surface area contributed by atoms with E-state index in [9.17, 15) is 62.3 Å². The number of rotatable bonds is 4. The van der Waals surface area contributed by atoms with Crippen LogP contribution in [0, 0.1) is 17.3 Å². The molecule has 23 heavy (non-hydrogen) atoms. The van der Waals surface area contributed by atoms with Crippen molar-refractivity contribution in [1.29, 1.82) is 0 Å². The molecule has 0 spiro atoms. The number of carbonyl (C=O) groups excluding carboxylic acids is 2. The van der Waals surface area contributed by atoms with Gasteiger partial charge in [0.25, 0.3) is 0 Å². The van der Waals surface area contributed by atoms with Crippen LogP contribution in [0.5, 0.6) is 0 Å². The number of halogens is 12. The van der Waals surface area contributed by atoms with Gasteiger partial charge in [0.05, 0.1) is 0 Å². The number of hydrogen-bond donors (Lipinski definition) is 0. The largest absolute Gasteiger partial charge is 0.401 e. The maximum Gasteiger partial charge on any atom is 0.401 e.